The van der Waals surface area contributed by atoms with E-state index in [-0.39, 0.29) is 24.9 Å². The Bertz CT molecular complexity index is 1090. The van der Waals surface area contributed by atoms with E-state index in [1.165, 1.54) is 0 Å². The maximum Gasteiger partial charge on any atom is 0.408 e. The summed E-state index contributed by atoms with van der Waals surface area (Å²) in [6, 6.07) is 13.4. The summed E-state index contributed by atoms with van der Waals surface area (Å²) in [5, 5.41) is 14.5. The summed E-state index contributed by atoms with van der Waals surface area (Å²) < 4.78 is 11.0. The molecule has 0 radical (unpaired) electrons. The highest BCUT2D eigenvalue weighted by Gasteiger charge is 2.29. The van der Waals surface area contributed by atoms with Crippen LogP contribution in [0.1, 0.15) is 42.4 Å². The number of amides is 3. The van der Waals surface area contributed by atoms with Crippen molar-refractivity contribution in [3.63, 3.8) is 0 Å². The topological polar surface area (TPSA) is 134 Å². The second-order valence-electron chi connectivity index (χ2n) is 9.37. The van der Waals surface area contributed by atoms with Crippen LogP contribution in [0, 0.1) is 12.8 Å². The SMILES string of the molecule is Cc1ccc(OCCC2CCCN(C(=O)C[C@H](NC(=O)OCc3ccccc3)C(=O)O)C2)cc1CNC=O. The fraction of sp³-hybridized carbons (Fsp3) is 0.429. The first kappa shape index (κ1) is 28.5. The molecule has 1 aliphatic heterocycles. The molecule has 3 rings (SSSR count). The zero-order valence-corrected chi connectivity index (χ0v) is 21.6. The predicted molar refractivity (Wildman–Crippen MR) is 139 cm³/mol. The Labute approximate surface area is 222 Å². The van der Waals surface area contributed by atoms with Crippen LogP contribution in [0.25, 0.3) is 0 Å². The molecule has 38 heavy (non-hydrogen) atoms. The molecule has 2 atom stereocenters. The summed E-state index contributed by atoms with van der Waals surface area (Å²) in [5.41, 5.74) is 2.81. The van der Waals surface area contributed by atoms with Gasteiger partial charge in [0.2, 0.25) is 12.3 Å². The van der Waals surface area contributed by atoms with Crippen LogP contribution in [0.4, 0.5) is 4.79 Å². The third-order valence-electron chi connectivity index (χ3n) is 6.54. The quantitative estimate of drug-likeness (QED) is 0.342. The Morgan fingerprint density at radius 1 is 1.18 bits per heavy atom. The van der Waals surface area contributed by atoms with Gasteiger partial charge in [0.15, 0.2) is 0 Å². The molecule has 1 aliphatic rings. The summed E-state index contributed by atoms with van der Waals surface area (Å²) in [5.74, 6) is -0.673. The van der Waals surface area contributed by atoms with Crippen molar-refractivity contribution >= 4 is 24.4 Å². The second kappa shape index (κ2) is 14.6. The fourth-order valence-electron chi connectivity index (χ4n) is 4.36. The van der Waals surface area contributed by atoms with Gasteiger partial charge in [-0.05, 0) is 60.9 Å². The minimum absolute atomic E-state index is 0.00235. The molecule has 2 aromatic rings. The average molecular weight is 526 g/mol. The number of carboxylic acid groups (broad SMARTS) is 1. The highest BCUT2D eigenvalue weighted by atomic mass is 16.5. The molecular weight excluding hydrogens is 490 g/mol. The molecular formula is C28H35N3O7. The second-order valence-corrected chi connectivity index (χ2v) is 9.37. The Kier molecular flexibility index (Phi) is 11.0. The van der Waals surface area contributed by atoms with Crippen molar-refractivity contribution in [3.8, 4) is 5.75 Å². The van der Waals surface area contributed by atoms with Crippen LogP contribution in [-0.4, -0.2) is 60.1 Å². The number of nitrogens with zero attached hydrogens (tertiary/aromatic N) is 1. The zero-order chi connectivity index (χ0) is 27.3. The first-order valence-electron chi connectivity index (χ1n) is 12.7. The molecule has 204 valence electrons. The van der Waals surface area contributed by atoms with Crippen LogP contribution in [0.15, 0.2) is 48.5 Å². The molecule has 1 fully saturated rings. The van der Waals surface area contributed by atoms with Crippen molar-refractivity contribution < 1.29 is 33.8 Å². The van der Waals surface area contributed by atoms with Gasteiger partial charge in [-0.1, -0.05) is 36.4 Å². The van der Waals surface area contributed by atoms with Gasteiger partial charge in [0.25, 0.3) is 0 Å². The van der Waals surface area contributed by atoms with Crippen molar-refractivity contribution in [2.24, 2.45) is 5.92 Å². The van der Waals surface area contributed by atoms with Gasteiger partial charge in [0.05, 0.1) is 13.0 Å². The third kappa shape index (κ3) is 9.10. The third-order valence-corrected chi connectivity index (χ3v) is 6.54. The number of piperidine rings is 1. The number of rotatable bonds is 13. The average Bonchev–Trinajstić information content (AvgIpc) is 2.92. The Balaban J connectivity index is 1.44. The maximum atomic E-state index is 12.9. The standard InChI is InChI=1S/C28H35N3O7/c1-20-9-10-24(14-23(20)16-29-19-32)37-13-11-21-8-5-12-31(17-21)26(33)15-25(27(34)35)30-28(36)38-18-22-6-3-2-4-7-22/h2-4,6-7,9-10,14,19,21,25H,5,8,11-13,15-18H2,1H3,(H,29,32)(H,30,36)(H,34,35)/t21?,25-/m0/s1. The molecule has 0 aliphatic carbocycles. The van der Waals surface area contributed by atoms with Crippen molar-refractivity contribution in [3.05, 3.63) is 65.2 Å². The minimum Gasteiger partial charge on any atom is -0.494 e. The first-order chi connectivity index (χ1) is 18.4. The lowest BCUT2D eigenvalue weighted by Crippen LogP contribution is -2.47. The van der Waals surface area contributed by atoms with Crippen LogP contribution in [0.5, 0.6) is 5.75 Å². The summed E-state index contributed by atoms with van der Waals surface area (Å²) >= 11 is 0. The van der Waals surface area contributed by atoms with Crippen LogP contribution < -0.4 is 15.4 Å². The van der Waals surface area contributed by atoms with E-state index in [1.54, 1.807) is 29.2 Å². The maximum absolute atomic E-state index is 12.9. The Morgan fingerprint density at radius 2 is 1.97 bits per heavy atom. The number of carbonyl (C=O) groups is 4. The molecule has 1 unspecified atom stereocenters. The smallest absolute Gasteiger partial charge is 0.408 e. The molecule has 10 heteroatoms. The van der Waals surface area contributed by atoms with Gasteiger partial charge in [-0.2, -0.15) is 0 Å². The lowest BCUT2D eigenvalue weighted by atomic mass is 9.94. The summed E-state index contributed by atoms with van der Waals surface area (Å²) in [6.45, 7) is 3.94. The lowest BCUT2D eigenvalue weighted by Gasteiger charge is -2.33. The molecule has 0 spiro atoms. The number of hydrogen-bond donors (Lipinski definition) is 3. The number of aryl methyl sites for hydroxylation is 1. The number of nitrogens with one attached hydrogen (secondary N) is 2. The van der Waals surface area contributed by atoms with E-state index < -0.39 is 18.1 Å². The van der Waals surface area contributed by atoms with E-state index in [2.05, 4.69) is 10.6 Å². The fourth-order valence-corrected chi connectivity index (χ4v) is 4.36. The van der Waals surface area contributed by atoms with E-state index in [1.807, 2.05) is 31.2 Å². The number of aliphatic carboxylic acids is 1. The van der Waals surface area contributed by atoms with Crippen LogP contribution in [0.3, 0.4) is 0 Å². The molecule has 3 amide bonds. The van der Waals surface area contributed by atoms with Gasteiger partial charge >= 0.3 is 12.1 Å². The van der Waals surface area contributed by atoms with Gasteiger partial charge in [-0.3, -0.25) is 9.59 Å². The molecule has 10 nitrogen and oxygen atoms in total. The number of ether oxygens (including phenoxy) is 2. The van der Waals surface area contributed by atoms with E-state index in [0.717, 1.165) is 41.7 Å². The van der Waals surface area contributed by atoms with Crippen LogP contribution >= 0.6 is 0 Å². The van der Waals surface area contributed by atoms with Gasteiger partial charge in [-0.25, -0.2) is 9.59 Å². The molecule has 0 aromatic heterocycles. The number of likely N-dealkylation sites (tertiary alicyclic amines) is 1. The molecule has 0 saturated carbocycles. The zero-order valence-electron chi connectivity index (χ0n) is 21.6. The van der Waals surface area contributed by atoms with E-state index >= 15 is 0 Å². The van der Waals surface area contributed by atoms with Gasteiger partial charge in [0, 0.05) is 19.6 Å². The Hall–Kier alpha value is -4.08. The summed E-state index contributed by atoms with van der Waals surface area (Å²) in [6.07, 6.45) is 1.93. The predicted octanol–water partition coefficient (Wildman–Crippen LogP) is 3.02. The minimum atomic E-state index is -1.38. The molecule has 2 aromatic carbocycles. The monoisotopic (exact) mass is 525 g/mol. The molecule has 3 N–H and O–H groups in total. The molecule has 1 heterocycles. The Morgan fingerprint density at radius 3 is 2.71 bits per heavy atom. The van der Waals surface area contributed by atoms with Crippen molar-refractivity contribution in [1.29, 1.82) is 0 Å². The molecule has 0 bridgehead atoms. The number of benzene rings is 2. The van der Waals surface area contributed by atoms with E-state index in [0.29, 0.717) is 32.7 Å². The van der Waals surface area contributed by atoms with Crippen molar-refractivity contribution in [2.45, 2.75) is 51.8 Å². The highest BCUT2D eigenvalue weighted by molar-refractivity contribution is 5.87. The van der Waals surface area contributed by atoms with E-state index in [4.69, 9.17) is 9.47 Å². The lowest BCUT2D eigenvalue weighted by molar-refractivity contribution is -0.144. The van der Waals surface area contributed by atoms with Crippen molar-refractivity contribution in [1.82, 2.24) is 15.5 Å². The molecule has 1 saturated heterocycles. The summed E-state index contributed by atoms with van der Waals surface area (Å²) in [7, 11) is 0. The number of carboxylic acids is 1. The van der Waals surface area contributed by atoms with Crippen LogP contribution in [-0.2, 0) is 32.3 Å². The first-order valence-corrected chi connectivity index (χ1v) is 12.7. The normalized spacial score (nSPS) is 15.7. The van der Waals surface area contributed by atoms with Crippen LogP contribution in [0.2, 0.25) is 0 Å². The summed E-state index contributed by atoms with van der Waals surface area (Å²) in [4.78, 5) is 48.9. The van der Waals surface area contributed by atoms with E-state index in [9.17, 15) is 24.3 Å². The number of alkyl carbamates (subject to hydrolysis) is 1. The van der Waals surface area contributed by atoms with Gasteiger partial charge in [0.1, 0.15) is 18.4 Å². The van der Waals surface area contributed by atoms with Crippen molar-refractivity contribution in [2.75, 3.05) is 19.7 Å². The largest absolute Gasteiger partial charge is 0.494 e. The van der Waals surface area contributed by atoms with Gasteiger partial charge in [-0.15, -0.1) is 0 Å². The highest BCUT2D eigenvalue weighted by Crippen LogP contribution is 2.22. The van der Waals surface area contributed by atoms with Gasteiger partial charge < -0.3 is 30.1 Å². The number of hydrogen-bond acceptors (Lipinski definition) is 6. The number of carbonyl (C=O) groups excluding carboxylic acids is 3.